The molecule has 0 unspecified atom stereocenters. The van der Waals surface area contributed by atoms with Gasteiger partial charge in [0, 0.05) is 17.0 Å². The van der Waals surface area contributed by atoms with Crippen molar-refractivity contribution in [1.82, 2.24) is 9.97 Å². The van der Waals surface area contributed by atoms with Crippen LogP contribution >= 0.6 is 11.3 Å². The Morgan fingerprint density at radius 2 is 1.85 bits per heavy atom. The Labute approximate surface area is 160 Å². The molecule has 0 aliphatic rings. The monoisotopic (exact) mass is 373 g/mol. The van der Waals surface area contributed by atoms with E-state index in [0.29, 0.717) is 22.9 Å². The zero-order valence-electron chi connectivity index (χ0n) is 14.8. The lowest BCUT2D eigenvalue weighted by molar-refractivity contribution is 0.375. The van der Waals surface area contributed by atoms with Crippen LogP contribution in [0.4, 0.5) is 0 Å². The van der Waals surface area contributed by atoms with Crippen LogP contribution in [-0.2, 0) is 0 Å². The molecule has 0 bridgehead atoms. The first-order valence-electron chi connectivity index (χ1n) is 8.25. The number of hydrogen-bond donors (Lipinski definition) is 0. The minimum atomic E-state index is 0.458. The normalized spacial score (nSPS) is 10.6. The van der Waals surface area contributed by atoms with Crippen molar-refractivity contribution in [2.24, 2.45) is 0 Å². The smallest absolute Gasteiger partial charge is 0.231 e. The molecule has 0 saturated carbocycles. The minimum Gasteiger partial charge on any atom is -0.493 e. The first-order valence-corrected chi connectivity index (χ1v) is 9.13. The van der Waals surface area contributed by atoms with Crippen molar-refractivity contribution in [2.45, 2.75) is 6.92 Å². The van der Waals surface area contributed by atoms with E-state index in [0.717, 1.165) is 21.3 Å². The summed E-state index contributed by atoms with van der Waals surface area (Å²) in [7, 11) is 1.54. The van der Waals surface area contributed by atoms with E-state index in [9.17, 15) is 0 Å². The highest BCUT2D eigenvalue weighted by Gasteiger charge is 2.16. The van der Waals surface area contributed by atoms with Gasteiger partial charge in [-0.1, -0.05) is 29.8 Å². The van der Waals surface area contributed by atoms with Gasteiger partial charge in [-0.25, -0.2) is 9.97 Å². The summed E-state index contributed by atoms with van der Waals surface area (Å²) in [6.45, 7) is 2.06. The van der Waals surface area contributed by atoms with E-state index < -0.39 is 0 Å². The lowest BCUT2D eigenvalue weighted by Crippen LogP contribution is -1.94. The van der Waals surface area contributed by atoms with Crippen LogP contribution in [0.1, 0.15) is 11.1 Å². The summed E-state index contributed by atoms with van der Waals surface area (Å²) in [6.07, 6.45) is 1.49. The molecule has 132 valence electrons. The maximum Gasteiger partial charge on any atom is 0.231 e. The molecule has 0 radical (unpaired) electrons. The van der Waals surface area contributed by atoms with Crippen LogP contribution in [0.2, 0.25) is 0 Å². The summed E-state index contributed by atoms with van der Waals surface area (Å²) >= 11 is 1.55. The number of nitriles is 1. The second-order valence-corrected chi connectivity index (χ2v) is 6.81. The lowest BCUT2D eigenvalue weighted by atomic mass is 10.0. The van der Waals surface area contributed by atoms with Gasteiger partial charge in [0.1, 0.15) is 11.2 Å². The zero-order chi connectivity index (χ0) is 18.8. The van der Waals surface area contributed by atoms with E-state index >= 15 is 0 Å². The molecule has 6 heteroatoms. The second kappa shape index (κ2) is 7.06. The van der Waals surface area contributed by atoms with Crippen molar-refractivity contribution < 1.29 is 9.47 Å². The van der Waals surface area contributed by atoms with E-state index in [4.69, 9.17) is 14.7 Å². The molecular formula is C21H15N3O2S. The Balaban J connectivity index is 1.82. The van der Waals surface area contributed by atoms with Crippen molar-refractivity contribution in [2.75, 3.05) is 7.11 Å². The van der Waals surface area contributed by atoms with E-state index in [1.54, 1.807) is 36.6 Å². The molecule has 0 saturated heterocycles. The average Bonchev–Trinajstić information content (AvgIpc) is 3.14. The maximum atomic E-state index is 9.07. The average molecular weight is 373 g/mol. The predicted octanol–water partition coefficient (Wildman–Crippen LogP) is 5.34. The summed E-state index contributed by atoms with van der Waals surface area (Å²) in [6, 6.07) is 15.4. The summed E-state index contributed by atoms with van der Waals surface area (Å²) in [5, 5.41) is 12.0. The topological polar surface area (TPSA) is 68.0 Å². The SMILES string of the molecule is COc1cc(C#N)ccc1Oc1ncnc2scc(-c3ccc(C)cc3)c12. The quantitative estimate of drug-likeness (QED) is 0.483. The molecule has 0 atom stereocenters. The number of thiophene rings is 1. The van der Waals surface area contributed by atoms with Crippen LogP contribution in [0.3, 0.4) is 0 Å². The Kier molecular flexibility index (Phi) is 4.45. The number of hydrogen-bond acceptors (Lipinski definition) is 6. The molecule has 2 aromatic carbocycles. The van der Waals surface area contributed by atoms with E-state index in [-0.39, 0.29) is 0 Å². The highest BCUT2D eigenvalue weighted by Crippen LogP contribution is 2.40. The number of fused-ring (bicyclic) bond motifs is 1. The van der Waals surface area contributed by atoms with E-state index in [2.05, 4.69) is 52.6 Å². The second-order valence-electron chi connectivity index (χ2n) is 5.95. The van der Waals surface area contributed by atoms with Crippen molar-refractivity contribution in [3.63, 3.8) is 0 Å². The Hall–Kier alpha value is -3.43. The number of benzene rings is 2. The van der Waals surface area contributed by atoms with Crippen LogP contribution in [0.25, 0.3) is 21.3 Å². The molecule has 4 rings (SSSR count). The Morgan fingerprint density at radius 3 is 2.59 bits per heavy atom. The minimum absolute atomic E-state index is 0.458. The third-order valence-corrected chi connectivity index (χ3v) is 5.08. The molecule has 0 N–H and O–H groups in total. The number of nitrogens with zero attached hydrogens (tertiary/aromatic N) is 3. The first kappa shape index (κ1) is 17.0. The van der Waals surface area contributed by atoms with Crippen molar-refractivity contribution >= 4 is 21.6 Å². The molecule has 2 heterocycles. The van der Waals surface area contributed by atoms with Crippen LogP contribution in [0.5, 0.6) is 17.4 Å². The summed E-state index contributed by atoms with van der Waals surface area (Å²) in [5.74, 6) is 1.44. The first-order chi connectivity index (χ1) is 13.2. The van der Waals surface area contributed by atoms with Crippen LogP contribution in [-0.4, -0.2) is 17.1 Å². The molecule has 0 amide bonds. The number of methoxy groups -OCH3 is 1. The number of rotatable bonds is 4. The highest BCUT2D eigenvalue weighted by molar-refractivity contribution is 7.17. The molecule has 27 heavy (non-hydrogen) atoms. The molecule has 0 aliphatic carbocycles. The summed E-state index contributed by atoms with van der Waals surface area (Å²) in [5.41, 5.74) is 3.81. The van der Waals surface area contributed by atoms with Crippen LogP contribution in [0.15, 0.2) is 54.2 Å². The number of aryl methyl sites for hydroxylation is 1. The lowest BCUT2D eigenvalue weighted by Gasteiger charge is -2.11. The standard InChI is InChI=1S/C21H15N3O2S/c1-13-3-6-15(7-4-13)16-11-27-21-19(16)20(23-12-24-21)26-17-8-5-14(10-22)9-18(17)25-2/h3-9,11-12H,1-2H3. The van der Waals surface area contributed by atoms with E-state index in [1.807, 2.05) is 0 Å². The van der Waals surface area contributed by atoms with Gasteiger partial charge in [-0.3, -0.25) is 0 Å². The fourth-order valence-electron chi connectivity index (χ4n) is 2.80. The van der Waals surface area contributed by atoms with Gasteiger partial charge in [0.2, 0.25) is 5.88 Å². The van der Waals surface area contributed by atoms with Gasteiger partial charge in [-0.15, -0.1) is 11.3 Å². The van der Waals surface area contributed by atoms with Gasteiger partial charge in [-0.05, 0) is 24.6 Å². The van der Waals surface area contributed by atoms with Gasteiger partial charge < -0.3 is 9.47 Å². The fourth-order valence-corrected chi connectivity index (χ4v) is 3.70. The van der Waals surface area contributed by atoms with E-state index in [1.165, 1.54) is 11.9 Å². The Morgan fingerprint density at radius 1 is 1.04 bits per heavy atom. The van der Waals surface area contributed by atoms with Crippen molar-refractivity contribution in [3.05, 3.63) is 65.3 Å². The molecule has 0 fully saturated rings. The fraction of sp³-hybridized carbons (Fsp3) is 0.0952. The third kappa shape index (κ3) is 3.21. The van der Waals surface area contributed by atoms with Crippen molar-refractivity contribution in [1.29, 1.82) is 5.26 Å². The van der Waals surface area contributed by atoms with Crippen LogP contribution < -0.4 is 9.47 Å². The predicted molar refractivity (Wildman–Crippen MR) is 105 cm³/mol. The van der Waals surface area contributed by atoms with Crippen LogP contribution in [0, 0.1) is 18.3 Å². The van der Waals surface area contributed by atoms with Gasteiger partial charge >= 0.3 is 0 Å². The zero-order valence-corrected chi connectivity index (χ0v) is 15.6. The van der Waals surface area contributed by atoms with Gasteiger partial charge in [0.05, 0.1) is 24.1 Å². The Bertz CT molecular complexity index is 1160. The van der Waals surface area contributed by atoms with Crippen molar-refractivity contribution in [3.8, 4) is 34.6 Å². The molecular weight excluding hydrogens is 358 g/mol. The largest absolute Gasteiger partial charge is 0.493 e. The number of ether oxygens (including phenoxy) is 2. The maximum absolute atomic E-state index is 9.07. The highest BCUT2D eigenvalue weighted by atomic mass is 32.1. The molecule has 4 aromatic rings. The van der Waals surface area contributed by atoms with Gasteiger partial charge in [0.15, 0.2) is 11.5 Å². The summed E-state index contributed by atoms with van der Waals surface area (Å²) < 4.78 is 11.4. The van der Waals surface area contributed by atoms with Gasteiger partial charge in [-0.2, -0.15) is 5.26 Å². The molecule has 0 spiro atoms. The number of aromatic nitrogens is 2. The van der Waals surface area contributed by atoms with Gasteiger partial charge in [0.25, 0.3) is 0 Å². The summed E-state index contributed by atoms with van der Waals surface area (Å²) in [4.78, 5) is 9.57. The molecule has 5 nitrogen and oxygen atoms in total. The molecule has 2 aromatic heterocycles. The third-order valence-electron chi connectivity index (χ3n) is 4.20. The molecule has 0 aliphatic heterocycles.